The normalized spacial score (nSPS) is 14.7. The van der Waals surface area contributed by atoms with Gasteiger partial charge in [0.05, 0.1) is 19.1 Å². The van der Waals surface area contributed by atoms with Gasteiger partial charge in [0.15, 0.2) is 11.5 Å². The van der Waals surface area contributed by atoms with Crippen molar-refractivity contribution in [3.05, 3.63) is 46.2 Å². The first-order valence-electron chi connectivity index (χ1n) is 10.0. The summed E-state index contributed by atoms with van der Waals surface area (Å²) in [7, 11) is 3.11. The molecule has 31 heavy (non-hydrogen) atoms. The lowest BCUT2D eigenvalue weighted by molar-refractivity contribution is -0.137. The first kappa shape index (κ1) is 22.6. The van der Waals surface area contributed by atoms with Crippen molar-refractivity contribution in [2.24, 2.45) is 0 Å². The molecule has 8 nitrogen and oxygen atoms in total. The first-order chi connectivity index (χ1) is 14.9. The highest BCUT2D eigenvalue weighted by Gasteiger charge is 2.30. The second kappa shape index (κ2) is 10.3. The maximum Gasteiger partial charge on any atom is 0.264 e. The maximum absolute atomic E-state index is 13.2. The van der Waals surface area contributed by atoms with Crippen LogP contribution in [0, 0.1) is 0 Å². The van der Waals surface area contributed by atoms with Crippen LogP contribution in [-0.4, -0.2) is 74.0 Å². The number of piperazine rings is 1. The van der Waals surface area contributed by atoms with Crippen LogP contribution in [0.15, 0.2) is 35.7 Å². The largest absolute Gasteiger partial charge is 0.493 e. The fourth-order valence-corrected chi connectivity index (χ4v) is 4.29. The van der Waals surface area contributed by atoms with E-state index in [0.717, 1.165) is 5.56 Å². The van der Waals surface area contributed by atoms with Gasteiger partial charge >= 0.3 is 0 Å². The summed E-state index contributed by atoms with van der Waals surface area (Å²) in [6.07, 6.45) is 0.326. The number of amides is 3. The predicted octanol–water partition coefficient (Wildman–Crippen LogP) is 1.80. The SMILES string of the molecule is COc1ccc(CC(NC(C)=O)C(=O)N2CCN(C(=O)c3cccs3)CC2)cc1OC. The molecule has 1 N–H and O–H groups in total. The molecule has 0 saturated carbocycles. The second-order valence-electron chi connectivity index (χ2n) is 7.24. The average molecular weight is 446 g/mol. The minimum atomic E-state index is -0.699. The number of hydrogen-bond acceptors (Lipinski definition) is 6. The van der Waals surface area contributed by atoms with E-state index in [0.29, 0.717) is 49.0 Å². The first-order valence-corrected chi connectivity index (χ1v) is 10.9. The third kappa shape index (κ3) is 5.55. The van der Waals surface area contributed by atoms with Crippen molar-refractivity contribution in [3.8, 4) is 11.5 Å². The number of benzene rings is 1. The van der Waals surface area contributed by atoms with Crippen LogP contribution in [0.4, 0.5) is 0 Å². The molecule has 1 atom stereocenters. The van der Waals surface area contributed by atoms with Gasteiger partial charge in [-0.1, -0.05) is 12.1 Å². The van der Waals surface area contributed by atoms with Gasteiger partial charge in [-0.05, 0) is 29.1 Å². The number of hydrogen-bond donors (Lipinski definition) is 1. The third-order valence-corrected chi connectivity index (χ3v) is 6.03. The van der Waals surface area contributed by atoms with E-state index < -0.39 is 6.04 Å². The van der Waals surface area contributed by atoms with Gasteiger partial charge in [0, 0.05) is 39.5 Å². The molecule has 1 aliphatic rings. The summed E-state index contributed by atoms with van der Waals surface area (Å²) in [6, 6.07) is 8.39. The Kier molecular flexibility index (Phi) is 7.51. The minimum Gasteiger partial charge on any atom is -0.493 e. The predicted molar refractivity (Wildman–Crippen MR) is 118 cm³/mol. The molecule has 3 amide bonds. The van der Waals surface area contributed by atoms with E-state index in [1.54, 1.807) is 42.2 Å². The van der Waals surface area contributed by atoms with Crippen molar-refractivity contribution in [3.63, 3.8) is 0 Å². The molecule has 0 radical (unpaired) electrons. The highest BCUT2D eigenvalue weighted by molar-refractivity contribution is 7.12. The minimum absolute atomic E-state index is 0.00848. The lowest BCUT2D eigenvalue weighted by Gasteiger charge is -2.36. The summed E-state index contributed by atoms with van der Waals surface area (Å²) in [5.74, 6) is 0.722. The van der Waals surface area contributed by atoms with Gasteiger partial charge in [0.1, 0.15) is 6.04 Å². The van der Waals surface area contributed by atoms with E-state index in [-0.39, 0.29) is 17.7 Å². The Bertz CT molecular complexity index is 923. The molecule has 1 fully saturated rings. The molecule has 1 saturated heterocycles. The van der Waals surface area contributed by atoms with Crippen molar-refractivity contribution in [2.45, 2.75) is 19.4 Å². The summed E-state index contributed by atoms with van der Waals surface area (Å²) in [5.41, 5.74) is 0.844. The van der Waals surface area contributed by atoms with Crippen molar-refractivity contribution in [1.29, 1.82) is 0 Å². The number of rotatable bonds is 7. The van der Waals surface area contributed by atoms with Crippen LogP contribution in [0.1, 0.15) is 22.2 Å². The van der Waals surface area contributed by atoms with Crippen LogP contribution in [0.2, 0.25) is 0 Å². The number of carbonyl (C=O) groups is 3. The highest BCUT2D eigenvalue weighted by Crippen LogP contribution is 2.28. The molecule has 3 rings (SSSR count). The Balaban J connectivity index is 1.66. The number of carbonyl (C=O) groups excluding carboxylic acids is 3. The molecule has 2 heterocycles. The summed E-state index contributed by atoms with van der Waals surface area (Å²) < 4.78 is 10.6. The number of thiophene rings is 1. The topological polar surface area (TPSA) is 88.2 Å². The van der Waals surface area contributed by atoms with Gasteiger partial charge in [-0.2, -0.15) is 0 Å². The molecule has 2 aromatic rings. The average Bonchev–Trinajstić information content (AvgIpc) is 3.32. The monoisotopic (exact) mass is 445 g/mol. The van der Waals surface area contributed by atoms with Crippen LogP contribution in [0.3, 0.4) is 0 Å². The van der Waals surface area contributed by atoms with E-state index in [9.17, 15) is 14.4 Å². The van der Waals surface area contributed by atoms with Crippen molar-refractivity contribution in [1.82, 2.24) is 15.1 Å². The Morgan fingerprint density at radius 1 is 1.03 bits per heavy atom. The molecular formula is C22H27N3O5S. The highest BCUT2D eigenvalue weighted by atomic mass is 32.1. The zero-order valence-electron chi connectivity index (χ0n) is 17.9. The van der Waals surface area contributed by atoms with Gasteiger partial charge in [0.2, 0.25) is 11.8 Å². The van der Waals surface area contributed by atoms with Gasteiger partial charge in [0.25, 0.3) is 5.91 Å². The molecule has 0 spiro atoms. The van der Waals surface area contributed by atoms with E-state index in [4.69, 9.17) is 9.47 Å². The quantitative estimate of drug-likeness (QED) is 0.702. The summed E-state index contributed by atoms with van der Waals surface area (Å²) >= 11 is 1.41. The van der Waals surface area contributed by atoms with Gasteiger partial charge in [-0.15, -0.1) is 11.3 Å². The maximum atomic E-state index is 13.2. The van der Waals surface area contributed by atoms with Crippen LogP contribution in [0.25, 0.3) is 0 Å². The number of nitrogens with one attached hydrogen (secondary N) is 1. The molecule has 1 aromatic heterocycles. The number of nitrogens with zero attached hydrogens (tertiary/aromatic N) is 2. The van der Waals surface area contributed by atoms with Crippen molar-refractivity contribution < 1.29 is 23.9 Å². The third-order valence-electron chi connectivity index (χ3n) is 5.17. The Hall–Kier alpha value is -3.07. The summed E-state index contributed by atoms with van der Waals surface area (Å²) in [4.78, 5) is 41.6. The molecule has 1 unspecified atom stereocenters. The Labute approximate surface area is 185 Å². The lowest BCUT2D eigenvalue weighted by Crippen LogP contribution is -2.56. The van der Waals surface area contributed by atoms with Gasteiger partial charge < -0.3 is 24.6 Å². The van der Waals surface area contributed by atoms with Crippen molar-refractivity contribution >= 4 is 29.1 Å². The fraction of sp³-hybridized carbons (Fsp3) is 0.409. The summed E-state index contributed by atoms with van der Waals surface area (Å²) in [5, 5.41) is 4.64. The van der Waals surface area contributed by atoms with Crippen LogP contribution >= 0.6 is 11.3 Å². The van der Waals surface area contributed by atoms with E-state index in [1.807, 2.05) is 17.5 Å². The van der Waals surface area contributed by atoms with Crippen LogP contribution in [-0.2, 0) is 16.0 Å². The molecule has 0 aliphatic carbocycles. The van der Waals surface area contributed by atoms with E-state index >= 15 is 0 Å². The molecule has 1 aliphatic heterocycles. The molecule has 1 aromatic carbocycles. The van der Waals surface area contributed by atoms with Gasteiger partial charge in [-0.3, -0.25) is 14.4 Å². The van der Waals surface area contributed by atoms with Gasteiger partial charge in [-0.25, -0.2) is 0 Å². The van der Waals surface area contributed by atoms with Crippen LogP contribution < -0.4 is 14.8 Å². The molecule has 0 bridgehead atoms. The summed E-state index contributed by atoms with van der Waals surface area (Å²) in [6.45, 7) is 3.18. The zero-order valence-corrected chi connectivity index (χ0v) is 18.7. The number of ether oxygens (including phenoxy) is 2. The number of methoxy groups -OCH3 is 2. The Morgan fingerprint density at radius 2 is 1.71 bits per heavy atom. The standard InChI is InChI=1S/C22H27N3O5S/c1-15(26)23-17(13-16-6-7-18(29-2)19(14-16)30-3)21(27)24-8-10-25(11-9-24)22(28)20-5-4-12-31-20/h4-7,12,14,17H,8-11,13H2,1-3H3,(H,23,26). The van der Waals surface area contributed by atoms with E-state index in [1.165, 1.54) is 18.3 Å². The zero-order chi connectivity index (χ0) is 22.4. The second-order valence-corrected chi connectivity index (χ2v) is 8.19. The fourth-order valence-electron chi connectivity index (χ4n) is 3.60. The molecule has 9 heteroatoms. The smallest absolute Gasteiger partial charge is 0.264 e. The lowest BCUT2D eigenvalue weighted by atomic mass is 10.0. The molecule has 166 valence electrons. The molecular weight excluding hydrogens is 418 g/mol. The van der Waals surface area contributed by atoms with E-state index in [2.05, 4.69) is 5.32 Å². The van der Waals surface area contributed by atoms with Crippen molar-refractivity contribution in [2.75, 3.05) is 40.4 Å². The van der Waals surface area contributed by atoms with Crippen LogP contribution in [0.5, 0.6) is 11.5 Å². The Morgan fingerprint density at radius 3 is 2.29 bits per heavy atom.